The summed E-state index contributed by atoms with van der Waals surface area (Å²) in [5.74, 6) is 0. The predicted octanol–water partition coefficient (Wildman–Crippen LogP) is 13.0. The zero-order valence-electron chi connectivity index (χ0n) is 25.3. The fourth-order valence-corrected chi connectivity index (χ4v) is 7.42. The molecule has 0 saturated carbocycles. The van der Waals surface area contributed by atoms with Crippen molar-refractivity contribution in [2.75, 3.05) is 0 Å². The highest BCUT2D eigenvalue weighted by molar-refractivity contribution is 6.25. The van der Waals surface area contributed by atoms with Crippen LogP contribution >= 0.6 is 0 Å². The molecule has 0 saturated heterocycles. The van der Waals surface area contributed by atoms with Crippen LogP contribution in [-0.2, 0) is 0 Å². The summed E-state index contributed by atoms with van der Waals surface area (Å²) in [6, 6.07) is 66.5. The van der Waals surface area contributed by atoms with Crippen LogP contribution in [0.25, 0.3) is 87.6 Å². The molecule has 0 heteroatoms. The summed E-state index contributed by atoms with van der Waals surface area (Å²) in [5, 5.41) is 10.2. The summed E-state index contributed by atoms with van der Waals surface area (Å²) >= 11 is 0. The molecule has 0 amide bonds. The van der Waals surface area contributed by atoms with Crippen LogP contribution < -0.4 is 0 Å². The van der Waals surface area contributed by atoms with Crippen molar-refractivity contribution in [1.82, 2.24) is 0 Å². The quantitative estimate of drug-likeness (QED) is 0.143. The van der Waals surface area contributed by atoms with Crippen molar-refractivity contribution in [3.8, 4) is 44.5 Å². The summed E-state index contributed by atoms with van der Waals surface area (Å²) in [5.41, 5.74) is 9.99. The van der Waals surface area contributed by atoms with E-state index in [4.69, 9.17) is 0 Å². The van der Waals surface area contributed by atoms with Gasteiger partial charge in [-0.05, 0) is 93.7 Å². The molecular formula is C46H30. The van der Waals surface area contributed by atoms with Crippen molar-refractivity contribution in [2.24, 2.45) is 0 Å². The molecule has 0 aliphatic rings. The molecule has 46 heavy (non-hydrogen) atoms. The van der Waals surface area contributed by atoms with Gasteiger partial charge in [0.25, 0.3) is 0 Å². The molecule has 214 valence electrons. The first kappa shape index (κ1) is 26.4. The van der Waals surface area contributed by atoms with E-state index in [0.717, 1.165) is 0 Å². The molecule has 9 aromatic rings. The smallest absolute Gasteiger partial charge is 0.00201 e. The highest BCUT2D eigenvalue weighted by Gasteiger charge is 2.20. The fourth-order valence-electron chi connectivity index (χ4n) is 7.42. The summed E-state index contributed by atoms with van der Waals surface area (Å²) < 4.78 is 0. The zero-order valence-corrected chi connectivity index (χ0v) is 25.3. The van der Waals surface area contributed by atoms with Gasteiger partial charge in [0, 0.05) is 0 Å². The van der Waals surface area contributed by atoms with E-state index in [0.29, 0.717) is 0 Å². The summed E-state index contributed by atoms with van der Waals surface area (Å²) in [6.07, 6.45) is 0. The second-order valence-electron chi connectivity index (χ2n) is 12.0. The van der Waals surface area contributed by atoms with Crippen LogP contribution in [0.3, 0.4) is 0 Å². The van der Waals surface area contributed by atoms with Crippen LogP contribution in [0, 0.1) is 0 Å². The minimum atomic E-state index is 1.22. The van der Waals surface area contributed by atoms with Gasteiger partial charge in [-0.15, -0.1) is 0 Å². The van der Waals surface area contributed by atoms with Crippen LogP contribution in [0.1, 0.15) is 0 Å². The first-order chi connectivity index (χ1) is 22.8. The van der Waals surface area contributed by atoms with Crippen LogP contribution in [0.15, 0.2) is 182 Å². The fraction of sp³-hybridized carbons (Fsp3) is 0. The molecule has 0 bridgehead atoms. The Labute approximate surface area is 268 Å². The van der Waals surface area contributed by atoms with Crippen LogP contribution in [0.4, 0.5) is 0 Å². The molecule has 0 heterocycles. The molecule has 0 radical (unpaired) electrons. The Morgan fingerprint density at radius 1 is 0.217 bits per heavy atom. The van der Waals surface area contributed by atoms with Crippen molar-refractivity contribution in [2.45, 2.75) is 0 Å². The van der Waals surface area contributed by atoms with Gasteiger partial charge < -0.3 is 0 Å². The highest BCUT2D eigenvalue weighted by atomic mass is 14.2. The van der Waals surface area contributed by atoms with E-state index in [1.54, 1.807) is 0 Å². The molecule has 0 aromatic heterocycles. The Kier molecular flexibility index (Phi) is 6.25. The Balaban J connectivity index is 1.34. The highest BCUT2D eigenvalue weighted by Crippen LogP contribution is 2.47. The van der Waals surface area contributed by atoms with Crippen LogP contribution in [0.2, 0.25) is 0 Å². The van der Waals surface area contributed by atoms with Gasteiger partial charge in [0.15, 0.2) is 0 Å². The zero-order chi connectivity index (χ0) is 30.5. The number of hydrogen-bond donors (Lipinski definition) is 0. The van der Waals surface area contributed by atoms with Crippen molar-refractivity contribution in [1.29, 1.82) is 0 Å². The molecule has 0 spiro atoms. The van der Waals surface area contributed by atoms with Gasteiger partial charge in [-0.1, -0.05) is 176 Å². The minimum absolute atomic E-state index is 1.22. The molecule has 9 aromatic carbocycles. The molecule has 0 atom stereocenters. The van der Waals surface area contributed by atoms with Crippen molar-refractivity contribution >= 4 is 43.1 Å². The SMILES string of the molecule is c1ccc(-c2cccc(-c3ccccc3-c3c4ccccc4c(-c4cccc5c4ccc4ccccc45)c4ccccc34)c2)cc1. The lowest BCUT2D eigenvalue weighted by molar-refractivity contribution is 1.58. The molecule has 0 nitrogen and oxygen atoms in total. The Hall–Kier alpha value is -5.98. The maximum atomic E-state index is 2.33. The van der Waals surface area contributed by atoms with Gasteiger partial charge in [-0.2, -0.15) is 0 Å². The van der Waals surface area contributed by atoms with Gasteiger partial charge in [-0.3, -0.25) is 0 Å². The van der Waals surface area contributed by atoms with E-state index in [2.05, 4.69) is 182 Å². The minimum Gasteiger partial charge on any atom is -0.0622 e. The van der Waals surface area contributed by atoms with E-state index in [-0.39, 0.29) is 0 Å². The maximum Gasteiger partial charge on any atom is -0.00201 e. The van der Waals surface area contributed by atoms with Gasteiger partial charge in [-0.25, -0.2) is 0 Å². The number of fused-ring (bicyclic) bond motifs is 5. The van der Waals surface area contributed by atoms with Gasteiger partial charge in [0.05, 0.1) is 0 Å². The Bertz CT molecular complexity index is 2520. The standard InChI is InChI=1S/C46H30/c1-2-14-31(15-3-1)33-17-12-18-34(30-33)36-20-6-7-21-39(36)45-41-22-8-10-24-43(41)46(44-25-11-9-23-42(44)45)40-27-13-26-37-35-19-5-4-16-32(35)28-29-38(37)40/h1-30H. The number of rotatable bonds is 4. The average molecular weight is 583 g/mol. The molecular weight excluding hydrogens is 553 g/mol. The van der Waals surface area contributed by atoms with E-state index in [1.807, 2.05) is 0 Å². The van der Waals surface area contributed by atoms with E-state index >= 15 is 0 Å². The molecule has 0 unspecified atom stereocenters. The predicted molar refractivity (Wildman–Crippen MR) is 198 cm³/mol. The monoisotopic (exact) mass is 582 g/mol. The van der Waals surface area contributed by atoms with Gasteiger partial charge in [0.1, 0.15) is 0 Å². The van der Waals surface area contributed by atoms with Gasteiger partial charge in [0.2, 0.25) is 0 Å². The number of benzene rings is 9. The lowest BCUT2D eigenvalue weighted by Gasteiger charge is -2.20. The van der Waals surface area contributed by atoms with Crippen LogP contribution in [-0.4, -0.2) is 0 Å². The van der Waals surface area contributed by atoms with Crippen molar-refractivity contribution < 1.29 is 0 Å². The topological polar surface area (TPSA) is 0 Å². The third kappa shape index (κ3) is 4.23. The van der Waals surface area contributed by atoms with Gasteiger partial charge >= 0.3 is 0 Å². The Morgan fingerprint density at radius 3 is 1.41 bits per heavy atom. The summed E-state index contributed by atoms with van der Waals surface area (Å²) in [4.78, 5) is 0. The lowest BCUT2D eigenvalue weighted by Crippen LogP contribution is -1.93. The Morgan fingerprint density at radius 2 is 0.696 bits per heavy atom. The summed E-state index contributed by atoms with van der Waals surface area (Å²) in [7, 11) is 0. The first-order valence-electron chi connectivity index (χ1n) is 15.9. The molecule has 0 fully saturated rings. The second kappa shape index (κ2) is 10.9. The van der Waals surface area contributed by atoms with Crippen molar-refractivity contribution in [3.05, 3.63) is 182 Å². The molecule has 0 aliphatic carbocycles. The summed E-state index contributed by atoms with van der Waals surface area (Å²) in [6.45, 7) is 0. The van der Waals surface area contributed by atoms with E-state index in [1.165, 1.54) is 87.6 Å². The first-order valence-corrected chi connectivity index (χ1v) is 15.9. The molecule has 0 N–H and O–H groups in total. The third-order valence-corrected chi connectivity index (χ3v) is 9.46. The average Bonchev–Trinajstić information content (AvgIpc) is 3.14. The lowest BCUT2D eigenvalue weighted by atomic mass is 9.82. The number of hydrogen-bond acceptors (Lipinski definition) is 0. The van der Waals surface area contributed by atoms with Crippen LogP contribution in [0.5, 0.6) is 0 Å². The van der Waals surface area contributed by atoms with E-state index < -0.39 is 0 Å². The second-order valence-corrected chi connectivity index (χ2v) is 12.0. The molecule has 0 aliphatic heterocycles. The largest absolute Gasteiger partial charge is 0.0622 e. The normalized spacial score (nSPS) is 11.5. The third-order valence-electron chi connectivity index (χ3n) is 9.46. The molecule has 9 rings (SSSR count). The van der Waals surface area contributed by atoms with E-state index in [9.17, 15) is 0 Å². The maximum absolute atomic E-state index is 2.33. The van der Waals surface area contributed by atoms with Crippen molar-refractivity contribution in [3.63, 3.8) is 0 Å².